The Morgan fingerprint density at radius 1 is 1.17 bits per heavy atom. The molecule has 10 nitrogen and oxygen atoms in total. The molecule has 2 amide bonds. The number of rotatable bonds is 12. The molecule has 0 bridgehead atoms. The third kappa shape index (κ3) is 6.58. The largest absolute Gasteiger partial charge is 0.439 e. The number of hydrogen-bond donors (Lipinski definition) is 2. The highest BCUT2D eigenvalue weighted by atomic mass is 79.9. The summed E-state index contributed by atoms with van der Waals surface area (Å²) in [5.41, 5.74) is 0.759. The van der Waals surface area contributed by atoms with Crippen molar-refractivity contribution in [1.82, 2.24) is 4.90 Å². The van der Waals surface area contributed by atoms with Crippen molar-refractivity contribution in [2.45, 2.75) is 50.7 Å². The molecule has 1 aromatic rings. The number of halogens is 1. The van der Waals surface area contributed by atoms with E-state index in [9.17, 15) is 19.5 Å². The van der Waals surface area contributed by atoms with E-state index in [2.05, 4.69) is 15.9 Å². The van der Waals surface area contributed by atoms with Gasteiger partial charge in [-0.25, -0.2) is 9.69 Å². The van der Waals surface area contributed by atoms with E-state index in [1.54, 1.807) is 6.92 Å². The second-order valence-corrected chi connectivity index (χ2v) is 9.58. The maximum Gasteiger partial charge on any atom is 0.417 e. The van der Waals surface area contributed by atoms with E-state index in [-0.39, 0.29) is 24.1 Å². The number of aliphatic hydroxyl groups excluding tert-OH is 1. The predicted molar refractivity (Wildman–Crippen MR) is 131 cm³/mol. The number of amides is 2. The molecule has 0 spiro atoms. The number of carbonyl (C=O) groups excluding carboxylic acids is 3. The Morgan fingerprint density at radius 3 is 2.50 bits per heavy atom. The van der Waals surface area contributed by atoms with Gasteiger partial charge in [0.05, 0.1) is 42.9 Å². The van der Waals surface area contributed by atoms with Gasteiger partial charge in [0.1, 0.15) is 12.2 Å². The van der Waals surface area contributed by atoms with Gasteiger partial charge in [0, 0.05) is 13.0 Å². The molecule has 0 radical (unpaired) electrons. The fourth-order valence-corrected chi connectivity index (χ4v) is 4.68. The van der Waals surface area contributed by atoms with Crippen LogP contribution in [-0.4, -0.2) is 83.9 Å². The molecular weight excluding hydrogens is 538 g/mol. The van der Waals surface area contributed by atoms with E-state index in [4.69, 9.17) is 24.1 Å². The third-order valence-corrected chi connectivity index (χ3v) is 6.98. The lowest BCUT2D eigenvalue weighted by Crippen LogP contribution is -2.52. The van der Waals surface area contributed by atoms with Crippen LogP contribution in [0.3, 0.4) is 0 Å². The summed E-state index contributed by atoms with van der Waals surface area (Å²) >= 11 is 3.21. The highest BCUT2D eigenvalue weighted by Gasteiger charge is 2.49. The molecule has 0 aromatic heterocycles. The van der Waals surface area contributed by atoms with Gasteiger partial charge in [-0.1, -0.05) is 37.3 Å². The minimum atomic E-state index is -1.83. The number of carbonyl (C=O) groups is 3. The zero-order valence-corrected chi connectivity index (χ0v) is 21.9. The SMILES string of the molecule is C[C@H](C(=O)N1C(=O)O[C@H](c2ccccc2)[C@@H]1C)[C@H]1O[C@](O)(CCCOCCOCCO)C(Br)=CC1=O. The first kappa shape index (κ1) is 28.4. The number of benzene rings is 1. The molecule has 1 fully saturated rings. The highest BCUT2D eigenvalue weighted by molar-refractivity contribution is 9.11. The first-order valence-corrected chi connectivity index (χ1v) is 12.7. The second-order valence-electron chi connectivity index (χ2n) is 8.72. The molecule has 2 aliphatic heterocycles. The normalized spacial score (nSPS) is 27.1. The summed E-state index contributed by atoms with van der Waals surface area (Å²) in [6, 6.07) is 8.52. The van der Waals surface area contributed by atoms with Crippen molar-refractivity contribution >= 4 is 33.7 Å². The average Bonchev–Trinajstić information content (AvgIpc) is 3.16. The van der Waals surface area contributed by atoms with Crippen molar-refractivity contribution in [3.8, 4) is 0 Å². The van der Waals surface area contributed by atoms with Crippen LogP contribution in [0, 0.1) is 5.92 Å². The van der Waals surface area contributed by atoms with E-state index >= 15 is 0 Å². The van der Waals surface area contributed by atoms with Crippen molar-refractivity contribution in [3.05, 3.63) is 46.5 Å². The first-order valence-electron chi connectivity index (χ1n) is 11.9. The number of imide groups is 1. The molecule has 0 aliphatic carbocycles. The minimum absolute atomic E-state index is 0.0585. The average molecular weight is 570 g/mol. The van der Waals surface area contributed by atoms with E-state index in [0.717, 1.165) is 10.5 Å². The van der Waals surface area contributed by atoms with Crippen LogP contribution in [0.5, 0.6) is 0 Å². The van der Waals surface area contributed by atoms with Gasteiger partial charge in [-0.2, -0.15) is 0 Å². The number of aliphatic hydroxyl groups is 2. The fourth-order valence-electron chi connectivity index (χ4n) is 4.17. The summed E-state index contributed by atoms with van der Waals surface area (Å²) in [4.78, 5) is 39.6. The highest BCUT2D eigenvalue weighted by Crippen LogP contribution is 2.38. The van der Waals surface area contributed by atoms with Gasteiger partial charge in [0.25, 0.3) is 0 Å². The van der Waals surface area contributed by atoms with Crippen LogP contribution in [0.2, 0.25) is 0 Å². The summed E-state index contributed by atoms with van der Waals surface area (Å²) < 4.78 is 21.9. The Morgan fingerprint density at radius 2 is 1.83 bits per heavy atom. The molecule has 1 saturated heterocycles. The fraction of sp³-hybridized carbons (Fsp3) is 0.560. The number of hydrogen-bond acceptors (Lipinski definition) is 9. The van der Waals surface area contributed by atoms with E-state index < -0.39 is 47.7 Å². The quantitative estimate of drug-likeness (QED) is 0.364. The van der Waals surface area contributed by atoms with Gasteiger partial charge in [-0.15, -0.1) is 0 Å². The molecule has 2 aliphatic rings. The van der Waals surface area contributed by atoms with Crippen LogP contribution in [-0.2, 0) is 28.5 Å². The van der Waals surface area contributed by atoms with Crippen LogP contribution in [0.25, 0.3) is 0 Å². The predicted octanol–water partition coefficient (Wildman–Crippen LogP) is 2.47. The lowest BCUT2D eigenvalue weighted by Gasteiger charge is -2.37. The van der Waals surface area contributed by atoms with E-state index in [1.165, 1.54) is 13.0 Å². The van der Waals surface area contributed by atoms with Crippen molar-refractivity contribution in [2.24, 2.45) is 5.92 Å². The number of nitrogens with zero attached hydrogens (tertiary/aromatic N) is 1. The smallest absolute Gasteiger partial charge is 0.417 e. The van der Waals surface area contributed by atoms with Crippen LogP contribution < -0.4 is 0 Å². The first-order chi connectivity index (χ1) is 17.2. The molecule has 198 valence electrons. The molecule has 11 heteroatoms. The summed E-state index contributed by atoms with van der Waals surface area (Å²) in [7, 11) is 0. The molecule has 0 saturated carbocycles. The molecule has 3 rings (SSSR count). The van der Waals surface area contributed by atoms with Crippen LogP contribution >= 0.6 is 15.9 Å². The van der Waals surface area contributed by atoms with Gasteiger partial charge in [-0.05, 0) is 40.9 Å². The summed E-state index contributed by atoms with van der Waals surface area (Å²) in [5.74, 6) is -3.99. The number of ether oxygens (including phenoxy) is 4. The Kier molecular flexibility index (Phi) is 10.2. The summed E-state index contributed by atoms with van der Waals surface area (Å²) in [6.07, 6.45) is -0.990. The maximum atomic E-state index is 13.3. The van der Waals surface area contributed by atoms with Gasteiger partial charge in [0.2, 0.25) is 5.91 Å². The number of ketones is 1. The topological polar surface area (TPSA) is 132 Å². The van der Waals surface area contributed by atoms with Crippen LogP contribution in [0.1, 0.15) is 38.4 Å². The molecule has 0 unspecified atom stereocenters. The van der Waals surface area contributed by atoms with Gasteiger partial charge in [-0.3, -0.25) is 9.59 Å². The summed E-state index contributed by atoms with van der Waals surface area (Å²) in [6.45, 7) is 4.35. The van der Waals surface area contributed by atoms with E-state index in [0.29, 0.717) is 26.2 Å². The number of cyclic esters (lactones) is 1. The van der Waals surface area contributed by atoms with Crippen molar-refractivity contribution in [2.75, 3.05) is 33.0 Å². The van der Waals surface area contributed by atoms with Crippen molar-refractivity contribution in [3.63, 3.8) is 0 Å². The Bertz CT molecular complexity index is 956. The Balaban J connectivity index is 1.61. The molecule has 5 atom stereocenters. The van der Waals surface area contributed by atoms with Gasteiger partial charge < -0.3 is 29.2 Å². The lowest BCUT2D eigenvalue weighted by atomic mass is 9.93. The minimum Gasteiger partial charge on any atom is -0.439 e. The summed E-state index contributed by atoms with van der Waals surface area (Å²) in [5, 5.41) is 19.8. The molecular formula is C25H32BrNO9. The van der Waals surface area contributed by atoms with Gasteiger partial charge in [0.15, 0.2) is 11.6 Å². The zero-order chi connectivity index (χ0) is 26.3. The molecule has 2 heterocycles. The lowest BCUT2D eigenvalue weighted by molar-refractivity contribution is -0.217. The van der Waals surface area contributed by atoms with Crippen LogP contribution in [0.4, 0.5) is 4.79 Å². The zero-order valence-electron chi connectivity index (χ0n) is 20.3. The molecule has 2 N–H and O–H groups in total. The van der Waals surface area contributed by atoms with Crippen LogP contribution in [0.15, 0.2) is 40.9 Å². The second kappa shape index (κ2) is 12.9. The van der Waals surface area contributed by atoms with Crippen molar-refractivity contribution < 1.29 is 43.5 Å². The Labute approximate surface area is 218 Å². The third-order valence-electron chi connectivity index (χ3n) is 6.14. The standard InChI is InChI=1S/C25H32BrNO9/c1-16(23(30)27-17(2)22(35-24(27)31)18-7-4-3-5-8-18)21-19(29)15-20(26)25(32,36-21)9-6-11-33-13-14-34-12-10-28/h3-5,7-8,15-17,21-22,28,32H,6,9-14H2,1-2H3/t16-,17-,21+,22-,25+/m0/s1. The Hall–Kier alpha value is -2.15. The van der Waals surface area contributed by atoms with Crippen molar-refractivity contribution in [1.29, 1.82) is 0 Å². The van der Waals surface area contributed by atoms with Gasteiger partial charge >= 0.3 is 6.09 Å². The molecule has 36 heavy (non-hydrogen) atoms. The van der Waals surface area contributed by atoms with E-state index in [1.807, 2.05) is 30.3 Å². The molecule has 1 aromatic carbocycles. The monoisotopic (exact) mass is 569 g/mol. The maximum absolute atomic E-state index is 13.3.